The number of hydrogen-bond acceptors (Lipinski definition) is 4. The van der Waals surface area contributed by atoms with E-state index in [0.29, 0.717) is 13.2 Å². The van der Waals surface area contributed by atoms with Gasteiger partial charge >= 0.3 is 0 Å². The van der Waals surface area contributed by atoms with Crippen LogP contribution in [-0.4, -0.2) is 13.2 Å². The number of benzene rings is 8. The molecule has 4 nitrogen and oxygen atoms in total. The molecule has 10 rings (SSSR count). The van der Waals surface area contributed by atoms with Gasteiger partial charge in [0.2, 0.25) is 0 Å². The molecule has 4 heteroatoms. The van der Waals surface area contributed by atoms with E-state index in [2.05, 4.69) is 135 Å². The maximum Gasteiger partial charge on any atom is 0.178 e. The summed E-state index contributed by atoms with van der Waals surface area (Å²) in [5, 5.41) is 13.4. The fourth-order valence-corrected chi connectivity index (χ4v) is 8.14. The summed E-state index contributed by atoms with van der Waals surface area (Å²) in [5.74, 6) is 1.49. The normalized spacial score (nSPS) is 12.1. The summed E-state index contributed by atoms with van der Waals surface area (Å²) in [5.41, 5.74) is 5.15. The molecule has 8 aromatic carbocycles. The summed E-state index contributed by atoms with van der Waals surface area (Å²) in [6, 6.07) is 43.1. The summed E-state index contributed by atoms with van der Waals surface area (Å²) in [7, 11) is 0. The van der Waals surface area contributed by atoms with E-state index in [1.54, 1.807) is 0 Å². The lowest BCUT2D eigenvalue weighted by molar-refractivity contribution is 0.306. The van der Waals surface area contributed by atoms with Crippen molar-refractivity contribution in [2.45, 2.75) is 39.5 Å². The average molecular weight is 679 g/mol. The molecular weight excluding hydrogens is 641 g/mol. The SMILES string of the molecule is CCCCOc1c(-c2c(OCCCC)c3oc4cc5ccccc5cc4c3c3ccccc23)c2ccccc2c2c1oc1cc3ccccc3cc12. The maximum atomic E-state index is 6.95. The smallest absolute Gasteiger partial charge is 0.178 e. The van der Waals surface area contributed by atoms with Gasteiger partial charge in [-0.15, -0.1) is 0 Å². The van der Waals surface area contributed by atoms with Gasteiger partial charge in [0.05, 0.1) is 13.2 Å². The lowest BCUT2D eigenvalue weighted by Crippen LogP contribution is -2.03. The van der Waals surface area contributed by atoms with Crippen molar-refractivity contribution in [3.63, 3.8) is 0 Å². The zero-order valence-corrected chi connectivity index (χ0v) is 29.4. The third-order valence-corrected chi connectivity index (χ3v) is 10.6. The molecule has 0 aliphatic heterocycles. The predicted octanol–water partition coefficient (Wildman–Crippen LogP) is 14.1. The second kappa shape index (κ2) is 12.3. The second-order valence-corrected chi connectivity index (χ2v) is 13.9. The van der Waals surface area contributed by atoms with Crippen molar-refractivity contribution < 1.29 is 18.3 Å². The minimum Gasteiger partial charge on any atom is -0.489 e. The fraction of sp³-hybridized carbons (Fsp3) is 0.167. The van der Waals surface area contributed by atoms with Crippen LogP contribution in [0.4, 0.5) is 0 Å². The van der Waals surface area contributed by atoms with Crippen LogP contribution in [0.25, 0.3) is 98.1 Å². The molecule has 0 N–H and O–H groups in total. The quantitative estimate of drug-likeness (QED) is 0.143. The van der Waals surface area contributed by atoms with Gasteiger partial charge in [-0.25, -0.2) is 0 Å². The van der Waals surface area contributed by atoms with E-state index >= 15 is 0 Å². The molecule has 0 unspecified atom stereocenters. The highest BCUT2D eigenvalue weighted by molar-refractivity contribution is 6.31. The van der Waals surface area contributed by atoms with Crippen LogP contribution < -0.4 is 9.47 Å². The van der Waals surface area contributed by atoms with Crippen molar-refractivity contribution in [1.82, 2.24) is 0 Å². The molecule has 0 radical (unpaired) electrons. The molecule has 0 atom stereocenters. The van der Waals surface area contributed by atoms with E-state index in [0.717, 1.165) is 125 Å². The van der Waals surface area contributed by atoms with Crippen molar-refractivity contribution in [3.8, 4) is 22.6 Å². The molecule has 0 spiro atoms. The molecule has 0 saturated carbocycles. The van der Waals surface area contributed by atoms with E-state index < -0.39 is 0 Å². The van der Waals surface area contributed by atoms with E-state index in [-0.39, 0.29) is 0 Å². The standard InChI is InChI=1S/C48H38O4/c1-3-5-23-49-45-43(35-21-13-11-19-33(35)41-37-25-29-15-7-9-17-31(29)27-39(37)51-47(41)45)44-36-22-14-12-20-34(36)42-38-26-30-16-8-10-18-32(30)28-40(38)52-48(42)46(44)50-24-6-4-2/h7-22,25-28H,3-6,23-24H2,1-2H3. The third kappa shape index (κ3) is 4.67. The van der Waals surface area contributed by atoms with Crippen molar-refractivity contribution in [3.05, 3.63) is 121 Å². The Morgan fingerprint density at radius 2 is 0.788 bits per heavy atom. The molecule has 2 aromatic heterocycles. The summed E-state index contributed by atoms with van der Waals surface area (Å²) < 4.78 is 27.8. The minimum absolute atomic E-state index is 0.569. The Hall–Kier alpha value is -6.00. The van der Waals surface area contributed by atoms with Crippen LogP contribution in [-0.2, 0) is 0 Å². The lowest BCUT2D eigenvalue weighted by atomic mass is 9.88. The summed E-state index contributed by atoms with van der Waals surface area (Å²) in [4.78, 5) is 0. The van der Waals surface area contributed by atoms with Crippen molar-refractivity contribution >= 4 is 87.0 Å². The molecular formula is C48H38O4. The van der Waals surface area contributed by atoms with Crippen LogP contribution in [0.5, 0.6) is 11.5 Å². The van der Waals surface area contributed by atoms with Crippen LogP contribution in [0.1, 0.15) is 39.5 Å². The van der Waals surface area contributed by atoms with Gasteiger partial charge in [0.15, 0.2) is 22.7 Å². The summed E-state index contributed by atoms with van der Waals surface area (Å²) in [6.07, 6.45) is 3.89. The fourth-order valence-electron chi connectivity index (χ4n) is 8.14. The second-order valence-electron chi connectivity index (χ2n) is 13.9. The minimum atomic E-state index is 0.569. The van der Waals surface area contributed by atoms with Gasteiger partial charge in [0.25, 0.3) is 0 Å². The molecule has 0 fully saturated rings. The largest absolute Gasteiger partial charge is 0.489 e. The first-order chi connectivity index (χ1) is 25.7. The van der Waals surface area contributed by atoms with Crippen LogP contribution in [0.15, 0.2) is 130 Å². The van der Waals surface area contributed by atoms with E-state index in [4.69, 9.17) is 18.3 Å². The Bertz CT molecular complexity index is 2790. The van der Waals surface area contributed by atoms with Gasteiger partial charge in [-0.3, -0.25) is 0 Å². The van der Waals surface area contributed by atoms with E-state index in [1.807, 2.05) is 0 Å². The highest BCUT2D eigenvalue weighted by Gasteiger charge is 2.29. The van der Waals surface area contributed by atoms with Gasteiger partial charge < -0.3 is 18.3 Å². The number of hydrogen-bond donors (Lipinski definition) is 0. The molecule has 10 aromatic rings. The highest BCUT2D eigenvalue weighted by Crippen LogP contribution is 2.55. The van der Waals surface area contributed by atoms with E-state index in [9.17, 15) is 0 Å². The average Bonchev–Trinajstić information content (AvgIpc) is 3.74. The van der Waals surface area contributed by atoms with Gasteiger partial charge in [-0.05, 0) is 80.2 Å². The predicted molar refractivity (Wildman–Crippen MR) is 217 cm³/mol. The van der Waals surface area contributed by atoms with Crippen molar-refractivity contribution in [2.24, 2.45) is 0 Å². The lowest BCUT2D eigenvalue weighted by Gasteiger charge is -2.21. The Kier molecular flexibility index (Phi) is 7.31. The van der Waals surface area contributed by atoms with Crippen LogP contribution in [0, 0.1) is 0 Å². The number of fused-ring (bicyclic) bond motifs is 12. The topological polar surface area (TPSA) is 44.7 Å². The Labute approximate surface area is 301 Å². The highest BCUT2D eigenvalue weighted by atomic mass is 16.5. The molecule has 0 aliphatic rings. The van der Waals surface area contributed by atoms with Gasteiger partial charge in [-0.2, -0.15) is 0 Å². The Morgan fingerprint density at radius 1 is 0.423 bits per heavy atom. The molecule has 0 saturated heterocycles. The summed E-state index contributed by atoms with van der Waals surface area (Å²) in [6.45, 7) is 5.52. The monoisotopic (exact) mass is 678 g/mol. The summed E-state index contributed by atoms with van der Waals surface area (Å²) >= 11 is 0. The number of rotatable bonds is 9. The number of furan rings is 2. The molecule has 2 heterocycles. The number of ether oxygens (including phenoxy) is 2. The molecule has 0 aliphatic carbocycles. The van der Waals surface area contributed by atoms with Gasteiger partial charge in [-0.1, -0.05) is 124 Å². The zero-order valence-electron chi connectivity index (χ0n) is 29.4. The first-order valence-corrected chi connectivity index (χ1v) is 18.6. The maximum absolute atomic E-state index is 6.95. The third-order valence-electron chi connectivity index (χ3n) is 10.6. The van der Waals surface area contributed by atoms with Crippen LogP contribution in [0.3, 0.4) is 0 Å². The first-order valence-electron chi connectivity index (χ1n) is 18.6. The first kappa shape index (κ1) is 30.8. The molecule has 0 bridgehead atoms. The molecule has 254 valence electrons. The van der Waals surface area contributed by atoms with Crippen molar-refractivity contribution in [1.29, 1.82) is 0 Å². The van der Waals surface area contributed by atoms with Crippen molar-refractivity contribution in [2.75, 3.05) is 13.2 Å². The number of unbranched alkanes of at least 4 members (excludes halogenated alkanes) is 2. The molecule has 0 amide bonds. The van der Waals surface area contributed by atoms with Gasteiger partial charge in [0, 0.05) is 32.7 Å². The zero-order chi connectivity index (χ0) is 34.8. The Morgan fingerprint density at radius 3 is 1.19 bits per heavy atom. The van der Waals surface area contributed by atoms with Gasteiger partial charge in [0.1, 0.15) is 11.2 Å². The molecule has 52 heavy (non-hydrogen) atoms. The van der Waals surface area contributed by atoms with Crippen LogP contribution >= 0.6 is 0 Å². The Balaban J connectivity index is 1.40. The van der Waals surface area contributed by atoms with Crippen LogP contribution in [0.2, 0.25) is 0 Å². The van der Waals surface area contributed by atoms with E-state index in [1.165, 1.54) is 10.8 Å².